The SMILES string of the molecule is CCC1Oc2ccc(-c3nc(C)sc3C)cc2N(CC(=O)OCC(C)C)C1=O. The van der Waals surface area contributed by atoms with E-state index < -0.39 is 12.1 Å². The molecule has 6 nitrogen and oxygen atoms in total. The molecule has 1 aromatic carbocycles. The number of carbonyl (C=O) groups is 2. The molecule has 0 fully saturated rings. The Morgan fingerprint density at radius 2 is 2.11 bits per heavy atom. The molecule has 2 heterocycles. The van der Waals surface area contributed by atoms with Crippen molar-refractivity contribution in [3.8, 4) is 17.0 Å². The second kappa shape index (κ2) is 8.31. The smallest absolute Gasteiger partial charge is 0.326 e. The summed E-state index contributed by atoms with van der Waals surface area (Å²) in [5.74, 6) is 0.189. The number of anilines is 1. The number of hydrogen-bond donors (Lipinski definition) is 0. The van der Waals surface area contributed by atoms with Crippen molar-refractivity contribution in [1.82, 2.24) is 4.98 Å². The second-order valence-corrected chi connectivity index (χ2v) is 8.74. The van der Waals surface area contributed by atoms with E-state index in [1.165, 1.54) is 4.90 Å². The average Bonchev–Trinajstić information content (AvgIpc) is 2.99. The van der Waals surface area contributed by atoms with Crippen molar-refractivity contribution in [2.24, 2.45) is 5.92 Å². The molecule has 2 aromatic rings. The first-order valence-corrected chi connectivity index (χ1v) is 10.3. The van der Waals surface area contributed by atoms with Crippen LogP contribution in [0, 0.1) is 19.8 Å². The number of aryl methyl sites for hydroxylation is 2. The van der Waals surface area contributed by atoms with Crippen LogP contribution >= 0.6 is 11.3 Å². The van der Waals surface area contributed by atoms with Crippen molar-refractivity contribution in [1.29, 1.82) is 0 Å². The molecular weight excluding hydrogens is 376 g/mol. The lowest BCUT2D eigenvalue weighted by atomic mass is 10.1. The zero-order chi connectivity index (χ0) is 20.4. The van der Waals surface area contributed by atoms with Gasteiger partial charge in [0, 0.05) is 10.4 Å². The number of fused-ring (bicyclic) bond motifs is 1. The first-order valence-electron chi connectivity index (χ1n) is 9.52. The maximum absolute atomic E-state index is 12.9. The minimum absolute atomic E-state index is 0.128. The Balaban J connectivity index is 1.95. The van der Waals surface area contributed by atoms with Crippen LogP contribution in [0.3, 0.4) is 0 Å². The molecule has 0 spiro atoms. The van der Waals surface area contributed by atoms with E-state index in [0.717, 1.165) is 21.1 Å². The molecule has 28 heavy (non-hydrogen) atoms. The third kappa shape index (κ3) is 4.19. The topological polar surface area (TPSA) is 68.7 Å². The van der Waals surface area contributed by atoms with Gasteiger partial charge in [0.25, 0.3) is 5.91 Å². The number of ether oxygens (including phenoxy) is 2. The Morgan fingerprint density at radius 1 is 1.36 bits per heavy atom. The molecule has 1 aliphatic rings. The third-order valence-corrected chi connectivity index (χ3v) is 5.36. The van der Waals surface area contributed by atoms with Crippen molar-refractivity contribution in [3.63, 3.8) is 0 Å². The van der Waals surface area contributed by atoms with Crippen molar-refractivity contribution in [2.45, 2.75) is 47.1 Å². The number of amides is 1. The molecule has 0 radical (unpaired) electrons. The van der Waals surface area contributed by atoms with Crippen LogP contribution in [0.15, 0.2) is 18.2 Å². The van der Waals surface area contributed by atoms with E-state index >= 15 is 0 Å². The molecule has 1 aromatic heterocycles. The summed E-state index contributed by atoms with van der Waals surface area (Å²) in [7, 11) is 0. The van der Waals surface area contributed by atoms with Gasteiger partial charge in [-0.3, -0.25) is 14.5 Å². The van der Waals surface area contributed by atoms with Crippen LogP contribution in [0.1, 0.15) is 37.1 Å². The van der Waals surface area contributed by atoms with Gasteiger partial charge < -0.3 is 9.47 Å². The fourth-order valence-electron chi connectivity index (χ4n) is 3.12. The summed E-state index contributed by atoms with van der Waals surface area (Å²) in [6.45, 7) is 10.0. The Labute approximate surface area is 169 Å². The number of benzene rings is 1. The standard InChI is InChI=1S/C21H26N2O4S/c1-6-17-21(25)23(10-19(24)26-11-12(2)3)16-9-15(7-8-18(16)27-17)20-13(4)28-14(5)22-20/h7-9,12,17H,6,10-11H2,1-5H3. The molecule has 1 aliphatic heterocycles. The quantitative estimate of drug-likeness (QED) is 0.680. The Morgan fingerprint density at radius 3 is 2.71 bits per heavy atom. The molecule has 0 saturated carbocycles. The summed E-state index contributed by atoms with van der Waals surface area (Å²) < 4.78 is 11.2. The number of esters is 1. The zero-order valence-electron chi connectivity index (χ0n) is 16.9. The largest absolute Gasteiger partial charge is 0.478 e. The number of carbonyl (C=O) groups excluding carboxylic acids is 2. The van der Waals surface area contributed by atoms with Gasteiger partial charge in [-0.2, -0.15) is 0 Å². The van der Waals surface area contributed by atoms with Gasteiger partial charge in [-0.25, -0.2) is 4.98 Å². The van der Waals surface area contributed by atoms with Crippen LogP contribution in [0.4, 0.5) is 5.69 Å². The fraction of sp³-hybridized carbons (Fsp3) is 0.476. The van der Waals surface area contributed by atoms with E-state index in [1.807, 2.05) is 52.8 Å². The molecule has 3 rings (SSSR count). The fourth-order valence-corrected chi connectivity index (χ4v) is 3.96. The van der Waals surface area contributed by atoms with E-state index in [1.54, 1.807) is 11.3 Å². The monoisotopic (exact) mass is 402 g/mol. The van der Waals surface area contributed by atoms with Gasteiger partial charge in [-0.1, -0.05) is 20.8 Å². The highest BCUT2D eigenvalue weighted by Gasteiger charge is 2.35. The normalized spacial score (nSPS) is 16.1. The lowest BCUT2D eigenvalue weighted by molar-refractivity contribution is -0.144. The van der Waals surface area contributed by atoms with Gasteiger partial charge in [-0.15, -0.1) is 11.3 Å². The van der Waals surface area contributed by atoms with Gasteiger partial charge in [0.1, 0.15) is 12.3 Å². The number of thiazole rings is 1. The Hall–Kier alpha value is -2.41. The van der Waals surface area contributed by atoms with Gasteiger partial charge in [-0.05, 0) is 44.4 Å². The van der Waals surface area contributed by atoms with Crippen LogP contribution in [0.25, 0.3) is 11.3 Å². The molecule has 0 aliphatic carbocycles. The van der Waals surface area contributed by atoms with Gasteiger partial charge in [0.05, 0.1) is 23.0 Å². The van der Waals surface area contributed by atoms with Crippen molar-refractivity contribution < 1.29 is 19.1 Å². The summed E-state index contributed by atoms with van der Waals surface area (Å²) in [4.78, 5) is 32.4. The van der Waals surface area contributed by atoms with Crippen LogP contribution < -0.4 is 9.64 Å². The molecule has 7 heteroatoms. The average molecular weight is 403 g/mol. The molecule has 150 valence electrons. The van der Waals surface area contributed by atoms with E-state index in [9.17, 15) is 9.59 Å². The molecule has 0 bridgehead atoms. The number of aromatic nitrogens is 1. The highest BCUT2D eigenvalue weighted by atomic mass is 32.1. The van der Waals surface area contributed by atoms with E-state index in [0.29, 0.717) is 24.5 Å². The van der Waals surface area contributed by atoms with Crippen LogP contribution in [0.2, 0.25) is 0 Å². The number of hydrogen-bond acceptors (Lipinski definition) is 6. The lowest BCUT2D eigenvalue weighted by Gasteiger charge is -2.33. The summed E-state index contributed by atoms with van der Waals surface area (Å²) in [6.07, 6.45) is -0.0680. The van der Waals surface area contributed by atoms with Crippen molar-refractivity contribution in [3.05, 3.63) is 28.1 Å². The van der Waals surface area contributed by atoms with Gasteiger partial charge in [0.15, 0.2) is 6.10 Å². The zero-order valence-corrected chi connectivity index (χ0v) is 17.8. The van der Waals surface area contributed by atoms with Crippen molar-refractivity contribution in [2.75, 3.05) is 18.1 Å². The van der Waals surface area contributed by atoms with E-state index in [4.69, 9.17) is 9.47 Å². The van der Waals surface area contributed by atoms with Crippen LogP contribution in [-0.4, -0.2) is 36.1 Å². The first kappa shape index (κ1) is 20.3. The predicted molar refractivity (Wildman–Crippen MR) is 110 cm³/mol. The minimum Gasteiger partial charge on any atom is -0.478 e. The minimum atomic E-state index is -0.598. The molecular formula is C21H26N2O4S. The van der Waals surface area contributed by atoms with Gasteiger partial charge >= 0.3 is 5.97 Å². The number of rotatable bonds is 6. The summed E-state index contributed by atoms with van der Waals surface area (Å²) in [5.41, 5.74) is 2.36. The van der Waals surface area contributed by atoms with Gasteiger partial charge in [0.2, 0.25) is 0 Å². The molecule has 1 atom stereocenters. The summed E-state index contributed by atoms with van der Waals surface area (Å²) >= 11 is 1.63. The van der Waals surface area contributed by atoms with Crippen LogP contribution in [-0.2, 0) is 14.3 Å². The highest BCUT2D eigenvalue weighted by Crippen LogP contribution is 2.39. The lowest BCUT2D eigenvalue weighted by Crippen LogP contribution is -2.48. The molecule has 1 unspecified atom stereocenters. The first-order chi connectivity index (χ1) is 13.3. The molecule has 1 amide bonds. The Bertz CT molecular complexity index is 891. The number of nitrogens with zero attached hydrogens (tertiary/aromatic N) is 2. The maximum Gasteiger partial charge on any atom is 0.326 e. The predicted octanol–water partition coefficient (Wildman–Crippen LogP) is 4.13. The molecule has 0 N–H and O–H groups in total. The highest BCUT2D eigenvalue weighted by molar-refractivity contribution is 7.11. The third-order valence-electron chi connectivity index (χ3n) is 4.47. The summed E-state index contributed by atoms with van der Waals surface area (Å²) in [5, 5.41) is 0.984. The second-order valence-electron chi connectivity index (χ2n) is 7.34. The van der Waals surface area contributed by atoms with E-state index in [-0.39, 0.29) is 18.4 Å². The molecule has 0 saturated heterocycles. The van der Waals surface area contributed by atoms with Crippen LogP contribution in [0.5, 0.6) is 5.75 Å². The summed E-state index contributed by atoms with van der Waals surface area (Å²) in [6, 6.07) is 5.66. The Kier molecular flexibility index (Phi) is 6.03. The van der Waals surface area contributed by atoms with Crippen molar-refractivity contribution >= 4 is 28.9 Å². The van der Waals surface area contributed by atoms with E-state index in [2.05, 4.69) is 4.98 Å². The maximum atomic E-state index is 12.9.